The minimum absolute atomic E-state index is 0.0887. The van der Waals surface area contributed by atoms with Crippen molar-refractivity contribution in [2.24, 2.45) is 0 Å². The molecule has 0 spiro atoms. The average Bonchev–Trinajstić information content (AvgIpc) is 3.13. The molecule has 0 saturated carbocycles. The smallest absolute Gasteiger partial charge is 0.274 e. The highest BCUT2D eigenvalue weighted by Crippen LogP contribution is 2.24. The summed E-state index contributed by atoms with van der Waals surface area (Å²) in [6, 6.07) is 18.7. The van der Waals surface area contributed by atoms with E-state index in [9.17, 15) is 9.59 Å². The van der Waals surface area contributed by atoms with Gasteiger partial charge in [-0.05, 0) is 13.0 Å². The zero-order valence-electron chi connectivity index (χ0n) is 15.3. The second kappa shape index (κ2) is 7.48. The molecule has 4 aromatic rings. The van der Waals surface area contributed by atoms with Crippen LogP contribution in [0.1, 0.15) is 12.2 Å². The second-order valence-electron chi connectivity index (χ2n) is 6.41. The van der Waals surface area contributed by atoms with Crippen molar-refractivity contribution in [1.29, 1.82) is 0 Å². The lowest BCUT2D eigenvalue weighted by Gasteiger charge is -2.11. The van der Waals surface area contributed by atoms with Gasteiger partial charge < -0.3 is 9.84 Å². The number of amides is 1. The third kappa shape index (κ3) is 3.55. The Morgan fingerprint density at radius 2 is 1.79 bits per heavy atom. The van der Waals surface area contributed by atoms with Crippen LogP contribution in [0.2, 0.25) is 0 Å². The maximum absolute atomic E-state index is 12.8. The van der Waals surface area contributed by atoms with E-state index in [2.05, 4.69) is 15.6 Å². The third-order valence-electron chi connectivity index (χ3n) is 4.36. The predicted octanol–water partition coefficient (Wildman–Crippen LogP) is 3.39. The van der Waals surface area contributed by atoms with Crippen LogP contribution in [0.15, 0.2) is 70.0 Å². The number of carbonyl (C=O) groups is 1. The topological polar surface area (TPSA) is 90.0 Å². The molecule has 4 rings (SSSR count). The Hall–Kier alpha value is -3.74. The van der Waals surface area contributed by atoms with Gasteiger partial charge in [0, 0.05) is 23.4 Å². The van der Waals surface area contributed by atoms with Crippen LogP contribution < -0.4 is 10.9 Å². The number of nitrogens with one attached hydrogen (secondary N) is 1. The van der Waals surface area contributed by atoms with E-state index in [4.69, 9.17) is 4.52 Å². The van der Waals surface area contributed by atoms with Crippen LogP contribution in [-0.2, 0) is 11.3 Å². The van der Waals surface area contributed by atoms with Crippen molar-refractivity contribution in [2.75, 3.05) is 5.32 Å². The predicted molar refractivity (Wildman–Crippen MR) is 106 cm³/mol. The molecule has 0 atom stereocenters. The Kier molecular flexibility index (Phi) is 4.72. The van der Waals surface area contributed by atoms with E-state index in [-0.39, 0.29) is 24.4 Å². The van der Waals surface area contributed by atoms with Crippen LogP contribution >= 0.6 is 0 Å². The molecule has 0 fully saturated rings. The summed E-state index contributed by atoms with van der Waals surface area (Å²) < 4.78 is 6.27. The standard InChI is InChI=1S/C21H18N4O3/c1-14-13-18(24-28-14)22-19(26)11-12-25-21(27)17-10-6-5-9-16(17)20(23-25)15-7-3-2-4-8-15/h2-10,13H,11-12H2,1H3,(H,22,24,26). The Morgan fingerprint density at radius 3 is 2.50 bits per heavy atom. The van der Waals surface area contributed by atoms with Gasteiger partial charge in [0.1, 0.15) is 5.76 Å². The molecule has 7 nitrogen and oxygen atoms in total. The van der Waals surface area contributed by atoms with Gasteiger partial charge >= 0.3 is 0 Å². The van der Waals surface area contributed by atoms with Crippen molar-refractivity contribution in [1.82, 2.24) is 14.9 Å². The largest absolute Gasteiger partial charge is 0.360 e. The zero-order chi connectivity index (χ0) is 19.5. The molecule has 1 amide bonds. The molecule has 0 aliphatic carbocycles. The van der Waals surface area contributed by atoms with Crippen molar-refractivity contribution in [3.8, 4) is 11.3 Å². The van der Waals surface area contributed by atoms with Crippen molar-refractivity contribution in [3.63, 3.8) is 0 Å². The molecular weight excluding hydrogens is 356 g/mol. The van der Waals surface area contributed by atoms with E-state index in [1.165, 1.54) is 4.68 Å². The highest BCUT2D eigenvalue weighted by Gasteiger charge is 2.13. The van der Waals surface area contributed by atoms with E-state index >= 15 is 0 Å². The van der Waals surface area contributed by atoms with Crippen LogP contribution in [0.5, 0.6) is 0 Å². The summed E-state index contributed by atoms with van der Waals surface area (Å²) in [5.74, 6) is 0.693. The number of benzene rings is 2. The molecule has 0 aliphatic rings. The van der Waals surface area contributed by atoms with Crippen molar-refractivity contribution >= 4 is 22.5 Å². The molecule has 2 heterocycles. The van der Waals surface area contributed by atoms with Gasteiger partial charge in [-0.1, -0.05) is 53.7 Å². The van der Waals surface area contributed by atoms with Crippen LogP contribution in [0.4, 0.5) is 5.82 Å². The van der Waals surface area contributed by atoms with Crippen molar-refractivity contribution in [3.05, 3.63) is 76.8 Å². The minimum atomic E-state index is -0.267. The van der Waals surface area contributed by atoms with E-state index < -0.39 is 0 Å². The normalized spacial score (nSPS) is 10.9. The molecule has 1 N–H and O–H groups in total. The average molecular weight is 374 g/mol. The van der Waals surface area contributed by atoms with Crippen LogP contribution in [0.25, 0.3) is 22.0 Å². The fourth-order valence-corrected chi connectivity index (χ4v) is 3.03. The maximum Gasteiger partial charge on any atom is 0.274 e. The van der Waals surface area contributed by atoms with Gasteiger partial charge in [0.15, 0.2) is 5.82 Å². The fourth-order valence-electron chi connectivity index (χ4n) is 3.03. The molecule has 0 bridgehead atoms. The zero-order valence-corrected chi connectivity index (χ0v) is 15.3. The molecule has 2 aromatic heterocycles. The summed E-state index contributed by atoms with van der Waals surface area (Å²) in [6.45, 7) is 1.90. The molecule has 140 valence electrons. The first-order chi connectivity index (χ1) is 13.6. The van der Waals surface area contributed by atoms with Crippen LogP contribution in [0, 0.1) is 6.92 Å². The van der Waals surface area contributed by atoms with Gasteiger partial charge in [0.2, 0.25) is 5.91 Å². The SMILES string of the molecule is Cc1cc(NC(=O)CCn2nc(-c3ccccc3)c3ccccc3c2=O)no1. The lowest BCUT2D eigenvalue weighted by Crippen LogP contribution is -2.26. The summed E-state index contributed by atoms with van der Waals surface area (Å²) in [5, 5.41) is 12.3. The van der Waals surface area contributed by atoms with Crippen LogP contribution in [0.3, 0.4) is 0 Å². The number of hydrogen-bond acceptors (Lipinski definition) is 5. The number of rotatable bonds is 5. The van der Waals surface area contributed by atoms with Gasteiger partial charge in [-0.3, -0.25) is 9.59 Å². The quantitative estimate of drug-likeness (QED) is 0.578. The minimum Gasteiger partial charge on any atom is -0.360 e. The second-order valence-corrected chi connectivity index (χ2v) is 6.41. The molecule has 28 heavy (non-hydrogen) atoms. The van der Waals surface area contributed by atoms with Gasteiger partial charge in [0.25, 0.3) is 5.56 Å². The summed E-state index contributed by atoms with van der Waals surface area (Å²) in [5.41, 5.74) is 1.40. The van der Waals surface area contributed by atoms with E-state index in [0.717, 1.165) is 10.9 Å². The van der Waals surface area contributed by atoms with Crippen LogP contribution in [-0.4, -0.2) is 20.8 Å². The lowest BCUT2D eigenvalue weighted by atomic mass is 10.1. The Bertz CT molecular complexity index is 1200. The van der Waals surface area contributed by atoms with Gasteiger partial charge in [-0.15, -0.1) is 0 Å². The number of hydrogen-bond donors (Lipinski definition) is 1. The Labute approximate surface area is 160 Å². The number of carbonyl (C=O) groups excluding carboxylic acids is 1. The maximum atomic E-state index is 12.8. The van der Waals surface area contributed by atoms with E-state index in [1.54, 1.807) is 19.1 Å². The number of aromatic nitrogens is 3. The summed E-state index contributed by atoms with van der Waals surface area (Å²) in [6.07, 6.45) is 0.0887. The highest BCUT2D eigenvalue weighted by atomic mass is 16.5. The molecule has 0 saturated heterocycles. The van der Waals surface area contributed by atoms with Crippen molar-refractivity contribution in [2.45, 2.75) is 19.9 Å². The number of aryl methyl sites for hydroxylation is 2. The molecule has 2 aromatic carbocycles. The molecule has 0 radical (unpaired) electrons. The van der Waals surface area contributed by atoms with E-state index in [1.807, 2.05) is 48.5 Å². The van der Waals surface area contributed by atoms with Gasteiger partial charge in [-0.25, -0.2) is 4.68 Å². The first-order valence-electron chi connectivity index (χ1n) is 8.90. The number of nitrogens with zero attached hydrogens (tertiary/aromatic N) is 3. The Balaban J connectivity index is 1.64. The molecular formula is C21H18N4O3. The number of anilines is 1. The third-order valence-corrected chi connectivity index (χ3v) is 4.36. The summed E-state index contributed by atoms with van der Waals surface area (Å²) >= 11 is 0. The monoisotopic (exact) mass is 374 g/mol. The van der Waals surface area contributed by atoms with Crippen molar-refractivity contribution < 1.29 is 9.32 Å². The fraction of sp³-hybridized carbons (Fsp3) is 0.143. The first kappa shape index (κ1) is 17.7. The highest BCUT2D eigenvalue weighted by molar-refractivity contribution is 5.93. The Morgan fingerprint density at radius 1 is 1.07 bits per heavy atom. The van der Waals surface area contributed by atoms with Gasteiger partial charge in [-0.2, -0.15) is 5.10 Å². The summed E-state index contributed by atoms with van der Waals surface area (Å²) in [4.78, 5) is 25.0. The molecule has 0 aliphatic heterocycles. The number of fused-ring (bicyclic) bond motifs is 1. The summed E-state index contributed by atoms with van der Waals surface area (Å²) in [7, 11) is 0. The van der Waals surface area contributed by atoms with Gasteiger partial charge in [0.05, 0.1) is 17.6 Å². The van der Waals surface area contributed by atoms with E-state index in [0.29, 0.717) is 22.7 Å². The molecule has 7 heteroatoms. The molecule has 0 unspecified atom stereocenters. The lowest BCUT2D eigenvalue weighted by molar-refractivity contribution is -0.116. The first-order valence-corrected chi connectivity index (χ1v) is 8.90.